The van der Waals surface area contributed by atoms with Gasteiger partial charge in [-0.05, 0) is 24.8 Å². The Bertz CT molecular complexity index is 380. The molecule has 80 valence electrons. The molecule has 1 saturated carbocycles. The summed E-state index contributed by atoms with van der Waals surface area (Å²) < 4.78 is 27.5. The minimum absolute atomic E-state index is 0.0527. The van der Waals surface area contributed by atoms with Crippen LogP contribution in [0.4, 0.5) is 8.78 Å². The highest BCUT2D eigenvalue weighted by molar-refractivity contribution is 5.21. The van der Waals surface area contributed by atoms with Crippen molar-refractivity contribution in [1.82, 2.24) is 9.78 Å². The van der Waals surface area contributed by atoms with Crippen LogP contribution in [0.2, 0.25) is 0 Å². The van der Waals surface area contributed by atoms with Gasteiger partial charge in [0, 0.05) is 19.0 Å². The molecular formula is C11H12F2N2. The summed E-state index contributed by atoms with van der Waals surface area (Å²) in [5, 5.41) is 4.14. The lowest BCUT2D eigenvalue weighted by Crippen LogP contribution is -2.26. The summed E-state index contributed by atoms with van der Waals surface area (Å²) in [6.07, 6.45) is 7.79. The van der Waals surface area contributed by atoms with E-state index in [-0.39, 0.29) is 18.9 Å². The number of halogens is 2. The van der Waals surface area contributed by atoms with E-state index in [0.717, 1.165) is 0 Å². The van der Waals surface area contributed by atoms with Crippen molar-refractivity contribution in [3.8, 4) is 12.3 Å². The Morgan fingerprint density at radius 1 is 1.47 bits per heavy atom. The normalized spacial score (nSPS) is 21.1. The van der Waals surface area contributed by atoms with Crippen LogP contribution >= 0.6 is 0 Å². The van der Waals surface area contributed by atoms with E-state index in [1.807, 2.05) is 0 Å². The highest BCUT2D eigenvalue weighted by Gasteiger charge is 2.35. The van der Waals surface area contributed by atoms with Crippen molar-refractivity contribution in [2.75, 3.05) is 0 Å². The second-order valence-electron chi connectivity index (χ2n) is 3.91. The third kappa shape index (κ3) is 2.17. The second kappa shape index (κ2) is 3.65. The number of rotatable bonds is 1. The zero-order chi connectivity index (χ0) is 10.9. The maximum Gasteiger partial charge on any atom is 0.248 e. The van der Waals surface area contributed by atoms with Crippen LogP contribution in [0, 0.1) is 12.3 Å². The van der Waals surface area contributed by atoms with Crippen molar-refractivity contribution in [1.29, 1.82) is 0 Å². The Morgan fingerprint density at radius 2 is 2.13 bits per heavy atom. The van der Waals surface area contributed by atoms with Crippen LogP contribution in [0.25, 0.3) is 0 Å². The summed E-state index contributed by atoms with van der Waals surface area (Å²) in [4.78, 5) is 0. The Balaban J connectivity index is 2.05. The number of hydrogen-bond donors (Lipinski definition) is 0. The summed E-state index contributed by atoms with van der Waals surface area (Å²) in [6, 6.07) is 1.80. The molecule has 0 bridgehead atoms. The lowest BCUT2D eigenvalue weighted by molar-refractivity contribution is -0.0449. The molecular weight excluding hydrogens is 198 g/mol. The number of terminal acetylenes is 1. The first kappa shape index (κ1) is 10.2. The summed E-state index contributed by atoms with van der Waals surface area (Å²) in [5.41, 5.74) is 0.562. The molecule has 4 heteroatoms. The smallest absolute Gasteiger partial charge is 0.248 e. The van der Waals surface area contributed by atoms with Crippen LogP contribution in [-0.2, 0) is 0 Å². The predicted octanol–water partition coefficient (Wildman–Crippen LogP) is 2.61. The van der Waals surface area contributed by atoms with Gasteiger partial charge in [0.05, 0.1) is 6.04 Å². The number of alkyl halides is 2. The molecule has 1 aliphatic rings. The second-order valence-corrected chi connectivity index (χ2v) is 3.91. The maximum absolute atomic E-state index is 12.9. The first-order chi connectivity index (χ1) is 7.11. The van der Waals surface area contributed by atoms with Gasteiger partial charge >= 0.3 is 0 Å². The Kier molecular flexibility index (Phi) is 2.47. The van der Waals surface area contributed by atoms with E-state index in [4.69, 9.17) is 6.42 Å². The van der Waals surface area contributed by atoms with Crippen molar-refractivity contribution in [3.63, 3.8) is 0 Å². The van der Waals surface area contributed by atoms with E-state index in [1.54, 1.807) is 16.9 Å². The van der Waals surface area contributed by atoms with Gasteiger partial charge < -0.3 is 0 Å². The Labute approximate surface area is 87.3 Å². The molecule has 0 amide bonds. The van der Waals surface area contributed by atoms with Crippen molar-refractivity contribution >= 4 is 0 Å². The fourth-order valence-electron chi connectivity index (χ4n) is 1.91. The third-order valence-corrected chi connectivity index (χ3v) is 2.82. The van der Waals surface area contributed by atoms with Crippen LogP contribution in [0.15, 0.2) is 12.3 Å². The predicted molar refractivity (Wildman–Crippen MR) is 52.6 cm³/mol. The molecule has 0 aliphatic heterocycles. The SMILES string of the molecule is C#Cc1ccn(C2CCC(F)(F)CC2)n1. The fraction of sp³-hybridized carbons (Fsp3) is 0.545. The highest BCUT2D eigenvalue weighted by Crippen LogP contribution is 2.37. The molecule has 1 fully saturated rings. The van der Waals surface area contributed by atoms with E-state index in [2.05, 4.69) is 11.0 Å². The van der Waals surface area contributed by atoms with E-state index in [1.165, 1.54) is 0 Å². The number of nitrogens with zero attached hydrogens (tertiary/aromatic N) is 2. The minimum atomic E-state index is -2.49. The quantitative estimate of drug-likeness (QED) is 0.651. The molecule has 2 nitrogen and oxygen atoms in total. The Morgan fingerprint density at radius 3 is 2.67 bits per heavy atom. The molecule has 0 saturated heterocycles. The van der Waals surface area contributed by atoms with Gasteiger partial charge in [-0.25, -0.2) is 8.78 Å². The van der Waals surface area contributed by atoms with Crippen molar-refractivity contribution in [2.24, 2.45) is 0 Å². The van der Waals surface area contributed by atoms with Gasteiger partial charge in [0.1, 0.15) is 5.69 Å². The zero-order valence-electron chi connectivity index (χ0n) is 8.29. The van der Waals surface area contributed by atoms with Crippen molar-refractivity contribution in [3.05, 3.63) is 18.0 Å². The van der Waals surface area contributed by atoms with Crippen molar-refractivity contribution < 1.29 is 8.78 Å². The lowest BCUT2D eigenvalue weighted by atomic mass is 9.92. The van der Waals surface area contributed by atoms with Crippen LogP contribution in [-0.4, -0.2) is 15.7 Å². The van der Waals surface area contributed by atoms with Gasteiger partial charge in [-0.2, -0.15) is 5.10 Å². The molecule has 1 aliphatic carbocycles. The zero-order valence-corrected chi connectivity index (χ0v) is 8.29. The van der Waals surface area contributed by atoms with E-state index in [0.29, 0.717) is 18.5 Å². The minimum Gasteiger partial charge on any atom is -0.268 e. The van der Waals surface area contributed by atoms with E-state index in [9.17, 15) is 8.78 Å². The van der Waals surface area contributed by atoms with Crippen LogP contribution in [0.1, 0.15) is 37.4 Å². The molecule has 0 radical (unpaired) electrons. The van der Waals surface area contributed by atoms with Crippen LogP contribution in [0.3, 0.4) is 0 Å². The lowest BCUT2D eigenvalue weighted by Gasteiger charge is -2.28. The number of hydrogen-bond acceptors (Lipinski definition) is 1. The summed E-state index contributed by atoms with van der Waals surface area (Å²) in [7, 11) is 0. The average molecular weight is 210 g/mol. The highest BCUT2D eigenvalue weighted by atomic mass is 19.3. The van der Waals surface area contributed by atoms with Gasteiger partial charge in [-0.15, -0.1) is 6.42 Å². The summed E-state index contributed by atoms with van der Waals surface area (Å²) >= 11 is 0. The average Bonchev–Trinajstić information content (AvgIpc) is 2.66. The molecule has 1 aromatic rings. The molecule has 0 atom stereocenters. The number of aromatic nitrogens is 2. The molecule has 15 heavy (non-hydrogen) atoms. The summed E-state index contributed by atoms with van der Waals surface area (Å²) in [5.74, 6) is -0.0649. The molecule has 1 heterocycles. The maximum atomic E-state index is 12.9. The molecule has 0 unspecified atom stereocenters. The van der Waals surface area contributed by atoms with Crippen LogP contribution < -0.4 is 0 Å². The van der Waals surface area contributed by atoms with Gasteiger partial charge in [0.2, 0.25) is 5.92 Å². The van der Waals surface area contributed by atoms with Gasteiger partial charge in [0.15, 0.2) is 0 Å². The van der Waals surface area contributed by atoms with Crippen molar-refractivity contribution in [2.45, 2.75) is 37.6 Å². The molecule has 1 aromatic heterocycles. The first-order valence-corrected chi connectivity index (χ1v) is 5.00. The van der Waals surface area contributed by atoms with E-state index < -0.39 is 5.92 Å². The molecule has 2 rings (SSSR count). The third-order valence-electron chi connectivity index (χ3n) is 2.82. The summed E-state index contributed by atoms with van der Waals surface area (Å²) in [6.45, 7) is 0. The Hall–Kier alpha value is -1.37. The van der Waals surface area contributed by atoms with Crippen LogP contribution in [0.5, 0.6) is 0 Å². The van der Waals surface area contributed by atoms with Gasteiger partial charge in [0.25, 0.3) is 0 Å². The largest absolute Gasteiger partial charge is 0.268 e. The topological polar surface area (TPSA) is 17.8 Å². The van der Waals surface area contributed by atoms with E-state index >= 15 is 0 Å². The van der Waals surface area contributed by atoms with Gasteiger partial charge in [-0.1, -0.05) is 0 Å². The molecule has 0 aromatic carbocycles. The first-order valence-electron chi connectivity index (χ1n) is 5.00. The van der Waals surface area contributed by atoms with Gasteiger partial charge in [-0.3, -0.25) is 4.68 Å². The fourth-order valence-corrected chi connectivity index (χ4v) is 1.91. The molecule has 0 spiro atoms. The monoisotopic (exact) mass is 210 g/mol. The standard InChI is InChI=1S/C11H12F2N2/c1-2-9-5-8-15(14-9)10-3-6-11(12,13)7-4-10/h1,5,8,10H,3-4,6-7H2. The molecule has 0 N–H and O–H groups in total.